The number of amides is 1. The fourth-order valence-electron chi connectivity index (χ4n) is 3.73. The molecule has 9 nitrogen and oxygen atoms in total. The van der Waals surface area contributed by atoms with Crippen LogP contribution in [0.3, 0.4) is 0 Å². The van der Waals surface area contributed by atoms with Crippen molar-refractivity contribution < 1.29 is 31.1 Å². The first-order valence-corrected chi connectivity index (χ1v) is 12.6. The Morgan fingerprint density at radius 1 is 1.21 bits per heavy atom. The lowest BCUT2D eigenvalue weighted by molar-refractivity contribution is -0.141. The van der Waals surface area contributed by atoms with Crippen LogP contribution in [0.5, 0.6) is 5.75 Å². The van der Waals surface area contributed by atoms with Gasteiger partial charge in [-0.2, -0.15) is 18.0 Å². The van der Waals surface area contributed by atoms with E-state index in [9.17, 15) is 26.4 Å². The maximum absolute atomic E-state index is 13.3. The fraction of sp³-hybridized carbons (Fsp3) is 0.524. The van der Waals surface area contributed by atoms with Gasteiger partial charge in [0.1, 0.15) is 5.75 Å². The Kier molecular flexibility index (Phi) is 7.64. The second kappa shape index (κ2) is 10.1. The molecule has 0 spiro atoms. The van der Waals surface area contributed by atoms with E-state index in [2.05, 4.69) is 15.1 Å². The summed E-state index contributed by atoms with van der Waals surface area (Å²) in [6, 6.07) is 5.56. The number of methoxy groups -OCH3 is 1. The highest BCUT2D eigenvalue weighted by molar-refractivity contribution is 7.92. The van der Waals surface area contributed by atoms with Gasteiger partial charge in [0.25, 0.3) is 0 Å². The molecule has 34 heavy (non-hydrogen) atoms. The number of alkyl halides is 3. The van der Waals surface area contributed by atoms with Crippen molar-refractivity contribution in [1.29, 1.82) is 0 Å². The monoisotopic (exact) mass is 503 g/mol. The Balaban J connectivity index is 1.75. The van der Waals surface area contributed by atoms with E-state index in [0.717, 1.165) is 31.6 Å². The van der Waals surface area contributed by atoms with Gasteiger partial charge in [-0.05, 0) is 49.9 Å². The van der Waals surface area contributed by atoms with Crippen molar-refractivity contribution >= 4 is 21.6 Å². The molecule has 1 atom stereocenters. The van der Waals surface area contributed by atoms with E-state index < -0.39 is 33.7 Å². The molecule has 3 rings (SSSR count). The number of benzene rings is 1. The Bertz CT molecular complexity index is 1130. The topological polar surface area (TPSA) is 106 Å². The number of aromatic nitrogens is 2. The van der Waals surface area contributed by atoms with Crippen molar-refractivity contribution in [2.75, 3.05) is 36.2 Å². The summed E-state index contributed by atoms with van der Waals surface area (Å²) >= 11 is 0. The molecule has 1 unspecified atom stereocenters. The molecule has 1 aromatic carbocycles. The minimum Gasteiger partial charge on any atom is -0.495 e. The van der Waals surface area contributed by atoms with Gasteiger partial charge < -0.3 is 10.1 Å². The normalized spacial score (nSPS) is 15.6. The largest absolute Gasteiger partial charge is 0.495 e. The third-order valence-corrected chi connectivity index (χ3v) is 6.10. The highest BCUT2D eigenvalue weighted by Crippen LogP contribution is 2.31. The first kappa shape index (κ1) is 25.7. The van der Waals surface area contributed by atoms with Gasteiger partial charge in [0.05, 0.1) is 37.2 Å². The van der Waals surface area contributed by atoms with Gasteiger partial charge in [-0.3, -0.25) is 14.5 Å². The van der Waals surface area contributed by atoms with Crippen LogP contribution in [0.1, 0.15) is 49.1 Å². The highest BCUT2D eigenvalue weighted by Gasteiger charge is 2.36. The summed E-state index contributed by atoms with van der Waals surface area (Å²) in [4.78, 5) is 14.0. The summed E-state index contributed by atoms with van der Waals surface area (Å²) in [5.74, 6) is -0.846. The van der Waals surface area contributed by atoms with Crippen LogP contribution in [0.25, 0.3) is 0 Å². The number of sulfonamides is 1. The maximum Gasteiger partial charge on any atom is 0.435 e. The van der Waals surface area contributed by atoms with E-state index in [1.165, 1.54) is 24.0 Å². The molecule has 1 amide bonds. The molecule has 0 bridgehead atoms. The summed E-state index contributed by atoms with van der Waals surface area (Å²) in [5.41, 5.74) is 0.00881. The zero-order valence-corrected chi connectivity index (χ0v) is 20.0. The molecule has 1 saturated heterocycles. The lowest BCUT2D eigenvalue weighted by Crippen LogP contribution is -2.42. The van der Waals surface area contributed by atoms with Crippen molar-refractivity contribution in [2.45, 2.75) is 44.8 Å². The van der Waals surface area contributed by atoms with Crippen LogP contribution in [0.4, 0.5) is 18.9 Å². The third-order valence-electron chi connectivity index (χ3n) is 5.51. The Hall–Kier alpha value is -2.96. The molecule has 1 aromatic heterocycles. The smallest absolute Gasteiger partial charge is 0.435 e. The van der Waals surface area contributed by atoms with Gasteiger partial charge in [-0.25, -0.2) is 8.42 Å². The molecule has 1 fully saturated rings. The van der Waals surface area contributed by atoms with Gasteiger partial charge in [0.2, 0.25) is 15.9 Å². The SMILES string of the molecule is COc1cc(C(C)C(=O)NCc2cc(C(F)(F)F)nn2N2CCCCC2)ccc1NS(C)(=O)=O. The molecule has 0 radical (unpaired) electrons. The molecule has 188 valence electrons. The number of rotatable bonds is 8. The molecule has 13 heteroatoms. The molecule has 1 aliphatic heterocycles. The van der Waals surface area contributed by atoms with Crippen molar-refractivity contribution in [1.82, 2.24) is 15.2 Å². The van der Waals surface area contributed by atoms with Crippen LogP contribution in [-0.4, -0.2) is 50.7 Å². The minimum absolute atomic E-state index is 0.131. The molecular formula is C21H28F3N5O4S. The van der Waals surface area contributed by atoms with E-state index in [-0.39, 0.29) is 23.7 Å². The lowest BCUT2D eigenvalue weighted by Gasteiger charge is -2.30. The van der Waals surface area contributed by atoms with E-state index >= 15 is 0 Å². The van der Waals surface area contributed by atoms with Gasteiger partial charge in [0, 0.05) is 13.1 Å². The molecule has 2 N–H and O–H groups in total. The average Bonchev–Trinajstić information content (AvgIpc) is 3.21. The van der Waals surface area contributed by atoms with Crippen molar-refractivity contribution in [3.8, 4) is 5.75 Å². The predicted molar refractivity (Wildman–Crippen MR) is 121 cm³/mol. The molecule has 2 aromatic rings. The van der Waals surface area contributed by atoms with Crippen LogP contribution >= 0.6 is 0 Å². The molecule has 0 aliphatic carbocycles. The van der Waals surface area contributed by atoms with Crippen LogP contribution in [0.15, 0.2) is 24.3 Å². The Labute approximate surface area is 196 Å². The number of hydrogen-bond donors (Lipinski definition) is 2. The first-order chi connectivity index (χ1) is 15.9. The van der Waals surface area contributed by atoms with Gasteiger partial charge >= 0.3 is 6.18 Å². The van der Waals surface area contributed by atoms with Gasteiger partial charge in [-0.1, -0.05) is 6.07 Å². The van der Waals surface area contributed by atoms with Gasteiger partial charge in [0.15, 0.2) is 5.69 Å². The average molecular weight is 504 g/mol. The summed E-state index contributed by atoms with van der Waals surface area (Å²) in [5, 5.41) is 8.18. The van der Waals surface area contributed by atoms with Crippen molar-refractivity contribution in [2.24, 2.45) is 0 Å². The number of piperidine rings is 1. The zero-order valence-electron chi connectivity index (χ0n) is 19.1. The first-order valence-electron chi connectivity index (χ1n) is 10.7. The molecule has 0 saturated carbocycles. The number of halogens is 3. The highest BCUT2D eigenvalue weighted by atomic mass is 32.2. The second-order valence-corrected chi connectivity index (χ2v) is 9.94. The predicted octanol–water partition coefficient (Wildman–Crippen LogP) is 2.82. The maximum atomic E-state index is 13.3. The number of hydrogen-bond acceptors (Lipinski definition) is 6. The number of nitrogens with zero attached hydrogens (tertiary/aromatic N) is 3. The van der Waals surface area contributed by atoms with Gasteiger partial charge in [-0.15, -0.1) is 5.10 Å². The van der Waals surface area contributed by atoms with E-state index in [1.807, 2.05) is 0 Å². The number of nitrogens with one attached hydrogen (secondary N) is 2. The Morgan fingerprint density at radius 2 is 1.88 bits per heavy atom. The van der Waals surface area contributed by atoms with Crippen molar-refractivity contribution in [3.63, 3.8) is 0 Å². The summed E-state index contributed by atoms with van der Waals surface area (Å²) in [7, 11) is -2.15. The Morgan fingerprint density at radius 3 is 2.47 bits per heavy atom. The lowest BCUT2D eigenvalue weighted by atomic mass is 9.99. The van der Waals surface area contributed by atoms with Crippen LogP contribution in [-0.2, 0) is 27.5 Å². The quantitative estimate of drug-likeness (QED) is 0.574. The van der Waals surface area contributed by atoms with Crippen LogP contribution in [0.2, 0.25) is 0 Å². The zero-order chi connectivity index (χ0) is 25.1. The molecule has 1 aliphatic rings. The second-order valence-electron chi connectivity index (χ2n) is 8.20. The molecular weight excluding hydrogens is 475 g/mol. The molecule has 2 heterocycles. The standard InChI is InChI=1S/C21H28F3N5O4S/c1-14(15-7-8-17(18(11-15)33-2)27-34(3,31)32)20(30)25-13-16-12-19(21(22,23)24)26-29(16)28-9-5-4-6-10-28/h7-8,11-12,14,27H,4-6,9-10,13H2,1-3H3,(H,25,30). The van der Waals surface area contributed by atoms with Crippen LogP contribution < -0.4 is 19.8 Å². The number of anilines is 1. The van der Waals surface area contributed by atoms with E-state index in [0.29, 0.717) is 18.7 Å². The minimum atomic E-state index is -4.59. The van der Waals surface area contributed by atoms with E-state index in [1.54, 1.807) is 18.0 Å². The van der Waals surface area contributed by atoms with Crippen LogP contribution in [0, 0.1) is 0 Å². The summed E-state index contributed by atoms with van der Waals surface area (Å²) in [6.45, 7) is 2.68. The number of carbonyl (C=O) groups is 1. The van der Waals surface area contributed by atoms with E-state index in [4.69, 9.17) is 4.74 Å². The number of carbonyl (C=O) groups excluding carboxylic acids is 1. The summed E-state index contributed by atoms with van der Waals surface area (Å²) in [6.07, 6.45) is -0.859. The fourth-order valence-corrected chi connectivity index (χ4v) is 4.29. The number of ether oxygens (including phenoxy) is 1. The summed E-state index contributed by atoms with van der Waals surface area (Å²) < 4.78 is 70.4. The van der Waals surface area contributed by atoms with Crippen molar-refractivity contribution in [3.05, 3.63) is 41.2 Å². The third kappa shape index (κ3) is 6.33.